The van der Waals surface area contributed by atoms with Crippen molar-refractivity contribution in [2.75, 3.05) is 10.2 Å². The van der Waals surface area contributed by atoms with Gasteiger partial charge in [0.1, 0.15) is 5.41 Å². The van der Waals surface area contributed by atoms with Gasteiger partial charge in [-0.15, -0.1) is 0 Å². The smallest absolute Gasteiger partial charge is 0.243 e. The lowest BCUT2D eigenvalue weighted by Gasteiger charge is -2.27. The van der Waals surface area contributed by atoms with Crippen LogP contribution in [-0.2, 0) is 16.1 Å². The molecule has 2 amide bonds. The van der Waals surface area contributed by atoms with Crippen molar-refractivity contribution >= 4 is 23.2 Å². The van der Waals surface area contributed by atoms with Gasteiger partial charge < -0.3 is 10.2 Å². The first-order chi connectivity index (χ1) is 14.6. The van der Waals surface area contributed by atoms with Crippen molar-refractivity contribution in [3.05, 3.63) is 96.1 Å². The molecule has 0 bridgehead atoms. The first kappa shape index (κ1) is 19.4. The highest BCUT2D eigenvalue weighted by Gasteiger charge is 2.58. The standard InChI is InChI=1S/C25H21N3O2/c26-17-20-10-7-11-21(16-20)27-23(29)25(14-15-25)24(30)28(22-12-5-2-6-13-22)18-19-8-3-1-4-9-19/h1-13,16H,14-15,18H2,(H,27,29). The van der Waals surface area contributed by atoms with E-state index in [9.17, 15) is 9.59 Å². The Balaban J connectivity index is 1.60. The van der Waals surface area contributed by atoms with Gasteiger partial charge in [-0.3, -0.25) is 9.59 Å². The second-order valence-corrected chi connectivity index (χ2v) is 7.44. The minimum Gasteiger partial charge on any atom is -0.325 e. The van der Waals surface area contributed by atoms with E-state index in [1.54, 1.807) is 29.2 Å². The van der Waals surface area contributed by atoms with E-state index in [4.69, 9.17) is 5.26 Å². The van der Waals surface area contributed by atoms with Gasteiger partial charge in [0.25, 0.3) is 0 Å². The monoisotopic (exact) mass is 395 g/mol. The number of carbonyl (C=O) groups excluding carboxylic acids is 2. The molecule has 0 radical (unpaired) electrons. The number of rotatable bonds is 6. The lowest BCUT2D eigenvalue weighted by atomic mass is 10.0. The lowest BCUT2D eigenvalue weighted by Crippen LogP contribution is -2.43. The Kier molecular flexibility index (Phi) is 5.32. The predicted octanol–water partition coefficient (Wildman–Crippen LogP) is 4.51. The van der Waals surface area contributed by atoms with Crippen molar-refractivity contribution in [2.24, 2.45) is 5.41 Å². The van der Waals surface area contributed by atoms with Gasteiger partial charge in [0.15, 0.2) is 0 Å². The Morgan fingerprint density at radius 2 is 1.60 bits per heavy atom. The molecule has 0 aromatic heterocycles. The van der Waals surface area contributed by atoms with Crippen molar-refractivity contribution in [3.63, 3.8) is 0 Å². The topological polar surface area (TPSA) is 73.2 Å². The first-order valence-electron chi connectivity index (χ1n) is 9.85. The van der Waals surface area contributed by atoms with Crippen LogP contribution in [0, 0.1) is 16.7 Å². The first-order valence-corrected chi connectivity index (χ1v) is 9.85. The number of hydrogen-bond donors (Lipinski definition) is 1. The normalized spacial score (nSPS) is 13.7. The molecule has 5 heteroatoms. The summed E-state index contributed by atoms with van der Waals surface area (Å²) in [4.78, 5) is 28.4. The SMILES string of the molecule is N#Cc1cccc(NC(=O)C2(C(=O)N(Cc3ccccc3)c3ccccc3)CC2)c1. The van der Waals surface area contributed by atoms with E-state index in [0.29, 0.717) is 30.6 Å². The molecule has 0 atom stereocenters. The van der Waals surface area contributed by atoms with E-state index in [2.05, 4.69) is 11.4 Å². The van der Waals surface area contributed by atoms with E-state index in [-0.39, 0.29) is 11.8 Å². The predicted molar refractivity (Wildman–Crippen MR) is 116 cm³/mol. The van der Waals surface area contributed by atoms with Gasteiger partial charge in [0.05, 0.1) is 18.2 Å². The number of para-hydroxylation sites is 1. The van der Waals surface area contributed by atoms with Crippen LogP contribution in [0.25, 0.3) is 0 Å². The summed E-state index contributed by atoms with van der Waals surface area (Å²) in [5, 5.41) is 11.9. The average Bonchev–Trinajstić information content (AvgIpc) is 3.61. The van der Waals surface area contributed by atoms with Crippen LogP contribution in [0.3, 0.4) is 0 Å². The fraction of sp³-hybridized carbons (Fsp3) is 0.160. The summed E-state index contributed by atoms with van der Waals surface area (Å²) in [5.41, 5.74) is 1.66. The molecule has 5 nitrogen and oxygen atoms in total. The van der Waals surface area contributed by atoms with Crippen LogP contribution in [0.4, 0.5) is 11.4 Å². The largest absolute Gasteiger partial charge is 0.325 e. The molecule has 1 aliphatic carbocycles. The lowest BCUT2D eigenvalue weighted by molar-refractivity contribution is -0.132. The number of nitrogens with one attached hydrogen (secondary N) is 1. The zero-order chi connectivity index (χ0) is 21.0. The second kappa shape index (κ2) is 8.22. The van der Waals surface area contributed by atoms with E-state index >= 15 is 0 Å². The van der Waals surface area contributed by atoms with E-state index < -0.39 is 5.41 Å². The molecule has 1 saturated carbocycles. The van der Waals surface area contributed by atoms with Crippen LogP contribution in [0.5, 0.6) is 0 Å². The molecule has 30 heavy (non-hydrogen) atoms. The highest BCUT2D eigenvalue weighted by atomic mass is 16.2. The van der Waals surface area contributed by atoms with Crippen molar-refractivity contribution in [1.29, 1.82) is 5.26 Å². The average molecular weight is 395 g/mol. The van der Waals surface area contributed by atoms with E-state index in [1.165, 1.54) is 0 Å². The third-order valence-electron chi connectivity index (χ3n) is 5.34. The third-order valence-corrected chi connectivity index (χ3v) is 5.34. The Morgan fingerprint density at radius 3 is 2.23 bits per heavy atom. The maximum Gasteiger partial charge on any atom is 0.243 e. The van der Waals surface area contributed by atoms with E-state index in [1.807, 2.05) is 60.7 Å². The molecule has 0 aliphatic heterocycles. The maximum atomic E-state index is 13.6. The molecule has 148 valence electrons. The maximum absolute atomic E-state index is 13.6. The third kappa shape index (κ3) is 3.94. The zero-order valence-electron chi connectivity index (χ0n) is 16.4. The Bertz CT molecular complexity index is 1100. The number of nitriles is 1. The number of nitrogens with zero attached hydrogens (tertiary/aromatic N) is 2. The molecule has 0 unspecified atom stereocenters. The Labute approximate surface area is 175 Å². The summed E-state index contributed by atoms with van der Waals surface area (Å²) in [6, 6.07) is 27.9. The highest BCUT2D eigenvalue weighted by Crippen LogP contribution is 2.49. The molecule has 1 fully saturated rings. The quantitative estimate of drug-likeness (QED) is 0.624. The molecule has 3 aromatic rings. The molecular weight excluding hydrogens is 374 g/mol. The van der Waals surface area contributed by atoms with Gasteiger partial charge in [-0.25, -0.2) is 0 Å². The summed E-state index contributed by atoms with van der Waals surface area (Å²) in [6.07, 6.45) is 1.02. The van der Waals surface area contributed by atoms with Crippen LogP contribution in [0.1, 0.15) is 24.0 Å². The summed E-state index contributed by atoms with van der Waals surface area (Å²) < 4.78 is 0. The fourth-order valence-corrected chi connectivity index (χ4v) is 3.49. The fourth-order valence-electron chi connectivity index (χ4n) is 3.49. The number of benzene rings is 3. The number of carbonyl (C=O) groups is 2. The summed E-state index contributed by atoms with van der Waals surface area (Å²) in [7, 11) is 0. The second-order valence-electron chi connectivity index (χ2n) is 7.44. The van der Waals surface area contributed by atoms with Gasteiger partial charge in [-0.2, -0.15) is 5.26 Å². The van der Waals surface area contributed by atoms with Crippen molar-refractivity contribution in [3.8, 4) is 6.07 Å². The number of hydrogen-bond acceptors (Lipinski definition) is 3. The minimum absolute atomic E-state index is 0.202. The molecule has 4 rings (SSSR count). The van der Waals surface area contributed by atoms with Gasteiger partial charge in [-0.05, 0) is 48.7 Å². The van der Waals surface area contributed by atoms with Crippen LogP contribution >= 0.6 is 0 Å². The van der Waals surface area contributed by atoms with Crippen molar-refractivity contribution < 1.29 is 9.59 Å². The minimum atomic E-state index is -1.08. The van der Waals surface area contributed by atoms with Gasteiger partial charge in [0.2, 0.25) is 11.8 Å². The molecule has 0 saturated heterocycles. The van der Waals surface area contributed by atoms with Crippen LogP contribution in [-0.4, -0.2) is 11.8 Å². The number of amides is 2. The van der Waals surface area contributed by atoms with Gasteiger partial charge >= 0.3 is 0 Å². The number of anilines is 2. The molecule has 0 heterocycles. The Hall–Kier alpha value is -3.91. The highest BCUT2D eigenvalue weighted by molar-refractivity contribution is 6.17. The summed E-state index contributed by atoms with van der Waals surface area (Å²) >= 11 is 0. The Morgan fingerprint density at radius 1 is 0.933 bits per heavy atom. The molecule has 0 spiro atoms. The van der Waals surface area contributed by atoms with Crippen LogP contribution in [0.2, 0.25) is 0 Å². The van der Waals surface area contributed by atoms with Crippen LogP contribution in [0.15, 0.2) is 84.9 Å². The van der Waals surface area contributed by atoms with E-state index in [0.717, 1.165) is 11.3 Å². The van der Waals surface area contributed by atoms with Crippen LogP contribution < -0.4 is 10.2 Å². The molecule has 3 aromatic carbocycles. The van der Waals surface area contributed by atoms with Crippen molar-refractivity contribution in [1.82, 2.24) is 0 Å². The summed E-state index contributed by atoms with van der Waals surface area (Å²) in [5.74, 6) is -0.525. The molecule has 1 aliphatic rings. The summed E-state index contributed by atoms with van der Waals surface area (Å²) in [6.45, 7) is 0.392. The molecule has 1 N–H and O–H groups in total. The molecular formula is C25H21N3O2. The van der Waals surface area contributed by atoms with Gasteiger partial charge in [-0.1, -0.05) is 54.6 Å². The van der Waals surface area contributed by atoms with Crippen molar-refractivity contribution in [2.45, 2.75) is 19.4 Å². The van der Waals surface area contributed by atoms with Gasteiger partial charge in [0, 0.05) is 11.4 Å². The zero-order valence-corrected chi connectivity index (χ0v) is 16.4.